The summed E-state index contributed by atoms with van der Waals surface area (Å²) >= 11 is 5.89. The number of benzene rings is 1. The molecule has 0 aliphatic rings. The van der Waals surface area contributed by atoms with Gasteiger partial charge in [0.05, 0.1) is 10.9 Å². The van der Waals surface area contributed by atoms with Crippen molar-refractivity contribution in [1.29, 1.82) is 0 Å². The smallest absolute Gasteiger partial charge is 0.203 e. The first kappa shape index (κ1) is 9.93. The normalized spacial score (nSPS) is 10.5. The summed E-state index contributed by atoms with van der Waals surface area (Å²) in [6.07, 6.45) is 1.64. The molecule has 76 valence electrons. The summed E-state index contributed by atoms with van der Waals surface area (Å²) in [6.45, 7) is 1.72. The van der Waals surface area contributed by atoms with Crippen LogP contribution in [0.5, 0.6) is 0 Å². The van der Waals surface area contributed by atoms with E-state index in [4.69, 9.17) is 16.0 Å². The molecule has 0 aliphatic carbocycles. The second-order valence-electron chi connectivity index (χ2n) is 3.18. The van der Waals surface area contributed by atoms with Crippen LogP contribution in [-0.2, 0) is 0 Å². The number of halogens is 1. The number of hydrogen-bond acceptors (Lipinski definition) is 3. The summed E-state index contributed by atoms with van der Waals surface area (Å²) < 4.78 is 5.16. The van der Waals surface area contributed by atoms with E-state index in [0.29, 0.717) is 27.8 Å². The number of carbonyl (C=O) groups excluding carboxylic acids is 1. The minimum absolute atomic E-state index is 0.00728. The quantitative estimate of drug-likeness (QED) is 0.697. The minimum atomic E-state index is -0.341. The van der Waals surface area contributed by atoms with Crippen molar-refractivity contribution in [2.24, 2.45) is 0 Å². The maximum Gasteiger partial charge on any atom is 0.203 e. The molecule has 0 atom stereocenters. The van der Waals surface area contributed by atoms with E-state index in [2.05, 4.69) is 0 Å². The number of rotatable bonds is 1. The van der Waals surface area contributed by atoms with Gasteiger partial charge < -0.3 is 4.42 Å². The summed E-state index contributed by atoms with van der Waals surface area (Å²) in [5.41, 5.74) is 0.734. The van der Waals surface area contributed by atoms with E-state index in [0.717, 1.165) is 6.26 Å². The number of fused-ring (bicyclic) bond motifs is 1. The van der Waals surface area contributed by atoms with E-state index in [9.17, 15) is 9.59 Å². The molecule has 0 radical (unpaired) electrons. The lowest BCUT2D eigenvalue weighted by molar-refractivity contribution is 0.112. The highest BCUT2D eigenvalue weighted by atomic mass is 35.5. The molecule has 0 saturated heterocycles. The first-order valence-electron chi connectivity index (χ1n) is 4.31. The van der Waals surface area contributed by atoms with Gasteiger partial charge in [-0.2, -0.15) is 0 Å². The molecule has 0 bridgehead atoms. The van der Waals surface area contributed by atoms with Crippen molar-refractivity contribution in [2.45, 2.75) is 6.92 Å². The number of aldehydes is 1. The van der Waals surface area contributed by atoms with Crippen LogP contribution in [-0.4, -0.2) is 6.29 Å². The standard InChI is InChI=1S/C11H7ClO3/c1-6-8(12)2-3-9-10(6)11(14)7(4-13)5-15-9/h2-5H,1H3. The molecule has 0 amide bonds. The highest BCUT2D eigenvalue weighted by Gasteiger charge is 2.10. The van der Waals surface area contributed by atoms with Gasteiger partial charge in [-0.15, -0.1) is 0 Å². The average molecular weight is 223 g/mol. The van der Waals surface area contributed by atoms with Crippen LogP contribution in [0.4, 0.5) is 0 Å². The van der Waals surface area contributed by atoms with Gasteiger partial charge in [0.2, 0.25) is 5.43 Å². The number of carbonyl (C=O) groups is 1. The number of hydrogen-bond donors (Lipinski definition) is 0. The summed E-state index contributed by atoms with van der Waals surface area (Å²) in [4.78, 5) is 22.4. The first-order chi connectivity index (χ1) is 7.15. The molecular weight excluding hydrogens is 216 g/mol. The molecule has 2 rings (SSSR count). The summed E-state index contributed by atoms with van der Waals surface area (Å²) in [5, 5.41) is 0.852. The van der Waals surface area contributed by atoms with Gasteiger partial charge in [0, 0.05) is 5.02 Å². The number of aryl methyl sites for hydroxylation is 1. The molecule has 0 unspecified atom stereocenters. The third-order valence-electron chi connectivity index (χ3n) is 2.29. The fourth-order valence-electron chi connectivity index (χ4n) is 1.45. The Labute approximate surface area is 90.3 Å². The summed E-state index contributed by atoms with van der Waals surface area (Å²) in [7, 11) is 0. The van der Waals surface area contributed by atoms with Gasteiger partial charge in [-0.25, -0.2) is 0 Å². The van der Waals surface area contributed by atoms with Crippen molar-refractivity contribution >= 4 is 28.9 Å². The van der Waals surface area contributed by atoms with Gasteiger partial charge in [0.1, 0.15) is 11.8 Å². The zero-order chi connectivity index (χ0) is 11.0. The van der Waals surface area contributed by atoms with E-state index in [-0.39, 0.29) is 11.0 Å². The zero-order valence-corrected chi connectivity index (χ0v) is 8.67. The molecule has 2 aromatic rings. The van der Waals surface area contributed by atoms with E-state index < -0.39 is 0 Å². The van der Waals surface area contributed by atoms with Gasteiger partial charge in [-0.05, 0) is 24.6 Å². The maximum absolute atomic E-state index is 11.8. The molecule has 0 saturated carbocycles. The van der Waals surface area contributed by atoms with Crippen LogP contribution in [0.25, 0.3) is 11.0 Å². The monoisotopic (exact) mass is 222 g/mol. The lowest BCUT2D eigenvalue weighted by Gasteiger charge is -2.02. The minimum Gasteiger partial charge on any atom is -0.463 e. The van der Waals surface area contributed by atoms with Crippen molar-refractivity contribution in [3.63, 3.8) is 0 Å². The largest absolute Gasteiger partial charge is 0.463 e. The lowest BCUT2D eigenvalue weighted by Crippen LogP contribution is -2.08. The second kappa shape index (κ2) is 3.51. The predicted octanol–water partition coefficient (Wildman–Crippen LogP) is 2.57. The molecule has 1 aromatic heterocycles. The third kappa shape index (κ3) is 1.45. The Morgan fingerprint density at radius 2 is 2.13 bits per heavy atom. The molecule has 0 spiro atoms. The van der Waals surface area contributed by atoms with Crippen LogP contribution in [0, 0.1) is 6.92 Å². The van der Waals surface area contributed by atoms with Crippen LogP contribution >= 0.6 is 11.6 Å². The first-order valence-corrected chi connectivity index (χ1v) is 4.68. The van der Waals surface area contributed by atoms with E-state index in [1.165, 1.54) is 0 Å². The average Bonchev–Trinajstić information content (AvgIpc) is 2.24. The maximum atomic E-state index is 11.8. The molecule has 0 fully saturated rings. The van der Waals surface area contributed by atoms with E-state index >= 15 is 0 Å². The van der Waals surface area contributed by atoms with Crippen LogP contribution < -0.4 is 5.43 Å². The van der Waals surface area contributed by atoms with Gasteiger partial charge >= 0.3 is 0 Å². The van der Waals surface area contributed by atoms with Crippen LogP contribution in [0.15, 0.2) is 27.6 Å². The summed E-state index contributed by atoms with van der Waals surface area (Å²) in [6, 6.07) is 3.27. The lowest BCUT2D eigenvalue weighted by atomic mass is 10.1. The van der Waals surface area contributed by atoms with Gasteiger partial charge in [0.15, 0.2) is 6.29 Å². The van der Waals surface area contributed by atoms with Crippen molar-refractivity contribution in [1.82, 2.24) is 0 Å². The molecular formula is C11H7ClO3. The molecule has 1 heterocycles. The Balaban J connectivity index is 3.02. The van der Waals surface area contributed by atoms with Crippen molar-refractivity contribution in [2.75, 3.05) is 0 Å². The fraction of sp³-hybridized carbons (Fsp3) is 0.0909. The van der Waals surface area contributed by atoms with Gasteiger partial charge in [-0.3, -0.25) is 9.59 Å². The topological polar surface area (TPSA) is 47.3 Å². The Kier molecular flexibility index (Phi) is 2.32. The van der Waals surface area contributed by atoms with Gasteiger partial charge in [0.25, 0.3) is 0 Å². The van der Waals surface area contributed by atoms with Crippen molar-refractivity contribution in [3.8, 4) is 0 Å². The SMILES string of the molecule is Cc1c(Cl)ccc2occ(C=O)c(=O)c12. The predicted molar refractivity (Wildman–Crippen MR) is 57.6 cm³/mol. The van der Waals surface area contributed by atoms with Crippen molar-refractivity contribution < 1.29 is 9.21 Å². The third-order valence-corrected chi connectivity index (χ3v) is 2.70. The highest BCUT2D eigenvalue weighted by Crippen LogP contribution is 2.22. The molecule has 0 aliphatic heterocycles. The molecule has 15 heavy (non-hydrogen) atoms. The fourth-order valence-corrected chi connectivity index (χ4v) is 1.61. The Morgan fingerprint density at radius 1 is 1.40 bits per heavy atom. The Bertz CT molecular complexity index is 599. The second-order valence-corrected chi connectivity index (χ2v) is 3.59. The Morgan fingerprint density at radius 3 is 2.80 bits per heavy atom. The molecule has 1 aromatic carbocycles. The van der Waals surface area contributed by atoms with Gasteiger partial charge in [-0.1, -0.05) is 11.6 Å². The van der Waals surface area contributed by atoms with Crippen LogP contribution in [0.3, 0.4) is 0 Å². The molecule has 0 N–H and O–H groups in total. The van der Waals surface area contributed by atoms with Crippen molar-refractivity contribution in [3.05, 3.63) is 44.8 Å². The Hall–Kier alpha value is -1.61. The van der Waals surface area contributed by atoms with E-state index in [1.807, 2.05) is 0 Å². The van der Waals surface area contributed by atoms with E-state index in [1.54, 1.807) is 19.1 Å². The van der Waals surface area contributed by atoms with Crippen LogP contribution in [0.1, 0.15) is 15.9 Å². The van der Waals surface area contributed by atoms with Crippen LogP contribution in [0.2, 0.25) is 5.02 Å². The molecule has 4 heteroatoms. The summed E-state index contributed by atoms with van der Waals surface area (Å²) in [5.74, 6) is 0. The molecule has 3 nitrogen and oxygen atoms in total. The zero-order valence-electron chi connectivity index (χ0n) is 7.91. The highest BCUT2D eigenvalue weighted by molar-refractivity contribution is 6.32.